The number of thiophene rings is 1. The molecule has 0 radical (unpaired) electrons. The molecule has 0 aliphatic carbocycles. The summed E-state index contributed by atoms with van der Waals surface area (Å²) in [5, 5.41) is 7.59. The lowest BCUT2D eigenvalue weighted by molar-refractivity contribution is -0.00546. The average molecular weight is 451 g/mol. The van der Waals surface area contributed by atoms with Crippen LogP contribution in [0.1, 0.15) is 39.4 Å². The zero-order chi connectivity index (χ0) is 22.5. The maximum atomic E-state index is 12.5. The minimum absolute atomic E-state index is 0.158. The highest BCUT2D eigenvalue weighted by Gasteiger charge is 2.23. The van der Waals surface area contributed by atoms with Crippen LogP contribution in [0.2, 0.25) is 0 Å². The summed E-state index contributed by atoms with van der Waals surface area (Å²) in [6.07, 6.45) is 2.15. The Hall–Kier alpha value is -3.23. The van der Waals surface area contributed by atoms with Crippen LogP contribution in [-0.2, 0) is 11.3 Å². The summed E-state index contributed by atoms with van der Waals surface area (Å²) in [5.74, 6) is 0.581. The van der Waals surface area contributed by atoms with E-state index in [4.69, 9.17) is 4.74 Å². The normalized spacial score (nSPS) is 18.2. The summed E-state index contributed by atoms with van der Waals surface area (Å²) >= 11 is 1.38. The Balaban J connectivity index is 1.29. The van der Waals surface area contributed by atoms with Crippen LogP contribution in [0.4, 0.5) is 11.5 Å². The Labute approximate surface area is 191 Å². The summed E-state index contributed by atoms with van der Waals surface area (Å²) in [6.45, 7) is 6.15. The molecule has 166 valence electrons. The number of anilines is 2. The van der Waals surface area contributed by atoms with Crippen LogP contribution in [-0.4, -0.2) is 42.1 Å². The lowest BCUT2D eigenvalue weighted by atomic mass is 10.2. The summed E-state index contributed by atoms with van der Waals surface area (Å²) in [7, 11) is 0. The third-order valence-electron chi connectivity index (χ3n) is 5.16. The quantitative estimate of drug-likeness (QED) is 0.594. The molecule has 3 aromatic rings. The van der Waals surface area contributed by atoms with Crippen LogP contribution in [0.25, 0.3) is 0 Å². The zero-order valence-electron chi connectivity index (χ0n) is 18.1. The molecule has 2 unspecified atom stereocenters. The highest BCUT2D eigenvalue weighted by atomic mass is 32.1. The van der Waals surface area contributed by atoms with Crippen molar-refractivity contribution in [1.82, 2.24) is 10.3 Å². The second-order valence-corrected chi connectivity index (χ2v) is 8.83. The lowest BCUT2D eigenvalue weighted by Gasteiger charge is -2.36. The van der Waals surface area contributed by atoms with E-state index >= 15 is 0 Å². The first-order valence-corrected chi connectivity index (χ1v) is 11.4. The van der Waals surface area contributed by atoms with E-state index in [0.29, 0.717) is 22.7 Å². The maximum Gasteiger partial charge on any atom is 0.265 e. The fourth-order valence-electron chi connectivity index (χ4n) is 3.66. The van der Waals surface area contributed by atoms with Gasteiger partial charge in [-0.3, -0.25) is 9.59 Å². The molecule has 1 fully saturated rings. The van der Waals surface area contributed by atoms with E-state index in [9.17, 15) is 9.59 Å². The van der Waals surface area contributed by atoms with Crippen molar-refractivity contribution in [3.05, 3.63) is 76.1 Å². The van der Waals surface area contributed by atoms with E-state index in [0.717, 1.165) is 24.5 Å². The predicted octanol–water partition coefficient (Wildman–Crippen LogP) is 3.94. The van der Waals surface area contributed by atoms with Gasteiger partial charge in [0.15, 0.2) is 0 Å². The van der Waals surface area contributed by atoms with Gasteiger partial charge < -0.3 is 20.3 Å². The largest absolute Gasteiger partial charge is 0.372 e. The molecule has 2 amide bonds. The molecule has 0 bridgehead atoms. The summed E-state index contributed by atoms with van der Waals surface area (Å²) in [5.41, 5.74) is 2.10. The number of morpholine rings is 1. The molecule has 1 aliphatic heterocycles. The van der Waals surface area contributed by atoms with Crippen molar-refractivity contribution in [2.75, 3.05) is 23.3 Å². The summed E-state index contributed by atoms with van der Waals surface area (Å²) in [4.78, 5) is 32.0. The van der Waals surface area contributed by atoms with E-state index < -0.39 is 0 Å². The van der Waals surface area contributed by atoms with Gasteiger partial charge >= 0.3 is 0 Å². The molecule has 2 N–H and O–H groups in total. The van der Waals surface area contributed by atoms with Crippen LogP contribution >= 0.6 is 11.3 Å². The van der Waals surface area contributed by atoms with Crippen molar-refractivity contribution in [3.63, 3.8) is 0 Å². The van der Waals surface area contributed by atoms with Gasteiger partial charge in [-0.15, -0.1) is 11.3 Å². The monoisotopic (exact) mass is 450 g/mol. The Morgan fingerprint density at radius 3 is 2.44 bits per heavy atom. The van der Waals surface area contributed by atoms with Crippen LogP contribution in [0, 0.1) is 0 Å². The van der Waals surface area contributed by atoms with Crippen molar-refractivity contribution in [2.45, 2.75) is 32.6 Å². The van der Waals surface area contributed by atoms with Crippen molar-refractivity contribution < 1.29 is 14.3 Å². The van der Waals surface area contributed by atoms with Gasteiger partial charge in [0, 0.05) is 37.1 Å². The molecule has 7 nitrogen and oxygen atoms in total. The first-order valence-electron chi connectivity index (χ1n) is 10.6. The van der Waals surface area contributed by atoms with Gasteiger partial charge in [0.2, 0.25) is 0 Å². The third kappa shape index (κ3) is 5.52. The van der Waals surface area contributed by atoms with E-state index in [1.807, 2.05) is 23.6 Å². The van der Waals surface area contributed by atoms with Crippen LogP contribution in [0.5, 0.6) is 0 Å². The molecule has 4 rings (SSSR count). The topological polar surface area (TPSA) is 83.6 Å². The first kappa shape index (κ1) is 22.0. The number of carbonyl (C=O) groups excluding carboxylic acids is 2. The molecule has 8 heteroatoms. The van der Waals surface area contributed by atoms with Crippen LogP contribution in [0.3, 0.4) is 0 Å². The molecule has 0 spiro atoms. The number of hydrogen-bond acceptors (Lipinski definition) is 6. The van der Waals surface area contributed by atoms with Crippen LogP contribution in [0.15, 0.2) is 60.1 Å². The van der Waals surface area contributed by atoms with Crippen molar-refractivity contribution in [1.29, 1.82) is 0 Å². The molecule has 3 heterocycles. The molecule has 0 saturated carbocycles. The van der Waals surface area contributed by atoms with Gasteiger partial charge in [0.05, 0.1) is 17.1 Å². The summed E-state index contributed by atoms with van der Waals surface area (Å²) in [6, 6.07) is 14.4. The minimum atomic E-state index is -0.180. The first-order chi connectivity index (χ1) is 15.5. The molecular weight excluding hydrogens is 424 g/mol. The van der Waals surface area contributed by atoms with Crippen molar-refractivity contribution >= 4 is 34.7 Å². The Morgan fingerprint density at radius 1 is 1.06 bits per heavy atom. The summed E-state index contributed by atoms with van der Waals surface area (Å²) < 4.78 is 5.77. The number of carbonyl (C=O) groups is 2. The molecule has 1 saturated heterocycles. The van der Waals surface area contributed by atoms with E-state index in [1.54, 1.807) is 36.5 Å². The van der Waals surface area contributed by atoms with E-state index in [2.05, 4.69) is 34.4 Å². The highest BCUT2D eigenvalue weighted by Crippen LogP contribution is 2.19. The number of pyridine rings is 1. The molecule has 1 aromatic carbocycles. The maximum absolute atomic E-state index is 12.5. The number of hydrogen-bond donors (Lipinski definition) is 2. The number of ether oxygens (including phenoxy) is 1. The van der Waals surface area contributed by atoms with E-state index in [1.165, 1.54) is 11.3 Å². The zero-order valence-corrected chi connectivity index (χ0v) is 18.9. The fraction of sp³-hybridized carbons (Fsp3) is 0.292. The number of aromatic nitrogens is 1. The molecular formula is C24H26N4O3S. The minimum Gasteiger partial charge on any atom is -0.372 e. The smallest absolute Gasteiger partial charge is 0.265 e. The second kappa shape index (κ2) is 9.93. The SMILES string of the molecule is CC1CN(c2ccc(CNC(=O)c3ccc(NC(=O)c4cccs4)cc3)cn2)CC(C)O1. The second-order valence-electron chi connectivity index (χ2n) is 7.88. The van der Waals surface area contributed by atoms with Gasteiger partial charge in [-0.25, -0.2) is 4.98 Å². The molecule has 1 aliphatic rings. The standard InChI is InChI=1S/C24H26N4O3S/c1-16-14-28(15-17(2)31-16)22-10-5-18(12-25-22)13-26-23(29)19-6-8-20(9-7-19)27-24(30)21-4-3-11-32-21/h3-12,16-17H,13-15H2,1-2H3,(H,26,29)(H,27,30). The van der Waals surface area contributed by atoms with Crippen molar-refractivity contribution in [2.24, 2.45) is 0 Å². The Morgan fingerprint density at radius 2 is 1.81 bits per heavy atom. The molecule has 2 aromatic heterocycles. The Bertz CT molecular complexity index is 1040. The molecule has 32 heavy (non-hydrogen) atoms. The lowest BCUT2D eigenvalue weighted by Crippen LogP contribution is -2.45. The predicted molar refractivity (Wildman–Crippen MR) is 126 cm³/mol. The van der Waals surface area contributed by atoms with Gasteiger partial charge in [0.1, 0.15) is 5.82 Å². The number of rotatable bonds is 6. The highest BCUT2D eigenvalue weighted by molar-refractivity contribution is 7.12. The van der Waals surface area contributed by atoms with Gasteiger partial charge in [-0.2, -0.15) is 0 Å². The molecule has 2 atom stereocenters. The number of nitrogens with one attached hydrogen (secondary N) is 2. The number of nitrogens with zero attached hydrogens (tertiary/aromatic N) is 2. The van der Waals surface area contributed by atoms with E-state index in [-0.39, 0.29) is 24.0 Å². The average Bonchev–Trinajstić information content (AvgIpc) is 3.33. The van der Waals surface area contributed by atoms with Gasteiger partial charge in [-0.1, -0.05) is 12.1 Å². The van der Waals surface area contributed by atoms with Gasteiger partial charge in [0.25, 0.3) is 11.8 Å². The third-order valence-corrected chi connectivity index (χ3v) is 6.02. The van der Waals surface area contributed by atoms with Crippen LogP contribution < -0.4 is 15.5 Å². The number of benzene rings is 1. The Kier molecular flexibility index (Phi) is 6.82. The fourth-order valence-corrected chi connectivity index (χ4v) is 4.28. The van der Waals surface area contributed by atoms with Crippen molar-refractivity contribution in [3.8, 4) is 0 Å². The number of amides is 2. The van der Waals surface area contributed by atoms with Gasteiger partial charge in [-0.05, 0) is 61.2 Å².